The molecular weight excluding hydrogens is 843 g/mol. The van der Waals surface area contributed by atoms with Gasteiger partial charge in [-0.2, -0.15) is 38.9 Å². The van der Waals surface area contributed by atoms with Gasteiger partial charge in [-0.3, -0.25) is 0 Å². The van der Waals surface area contributed by atoms with Gasteiger partial charge in [0.2, 0.25) is 39.3 Å². The second kappa shape index (κ2) is 22.9. The minimum Gasteiger partial charge on any atom is -0.461 e. The Bertz CT molecular complexity index is 2740. The van der Waals surface area contributed by atoms with E-state index >= 15 is 0 Å². The van der Waals surface area contributed by atoms with Gasteiger partial charge < -0.3 is 46.1 Å². The van der Waals surface area contributed by atoms with Gasteiger partial charge in [-0.25, -0.2) is 8.42 Å². The molecule has 0 aliphatic heterocycles. The van der Waals surface area contributed by atoms with Crippen molar-refractivity contribution in [3.05, 3.63) is 102 Å². The van der Waals surface area contributed by atoms with E-state index in [0.717, 1.165) is 75.1 Å². The van der Waals surface area contributed by atoms with Crippen LogP contribution in [0.3, 0.4) is 0 Å². The summed E-state index contributed by atoms with van der Waals surface area (Å²) in [4.78, 5) is 24.6. The van der Waals surface area contributed by atoms with Crippen LogP contribution in [0, 0.1) is 0 Å². The highest BCUT2D eigenvalue weighted by Crippen LogP contribution is 2.19. The van der Waals surface area contributed by atoms with Crippen LogP contribution in [0.4, 0.5) is 23.5 Å². The molecule has 2 aromatic carbocycles. The van der Waals surface area contributed by atoms with E-state index in [4.69, 9.17) is 35.5 Å². The molecule has 64 heavy (non-hydrogen) atoms. The Morgan fingerprint density at radius 3 is 1.75 bits per heavy atom. The Kier molecular flexibility index (Phi) is 16.6. The number of hydrogen-bond donors (Lipinski definition) is 5. The van der Waals surface area contributed by atoms with Crippen LogP contribution in [0.1, 0.15) is 37.0 Å². The molecule has 8 rings (SSSR count). The largest absolute Gasteiger partial charge is 0.461 e. The second-order valence-electron chi connectivity index (χ2n) is 13.9. The zero-order chi connectivity index (χ0) is 45.3. The fraction of sp³-hybridized carbons (Fsp3) is 0.333. The van der Waals surface area contributed by atoms with Crippen molar-refractivity contribution < 1.29 is 26.7 Å². The van der Waals surface area contributed by atoms with E-state index < -0.39 is 15.0 Å². The maximum absolute atomic E-state index is 11.4. The Balaban J connectivity index is 0.000000172. The number of aromatic nitrogens is 10. The molecule has 0 amide bonds. The fourth-order valence-corrected chi connectivity index (χ4v) is 6.45. The van der Waals surface area contributed by atoms with Crippen molar-refractivity contribution in [1.29, 1.82) is 0 Å². The summed E-state index contributed by atoms with van der Waals surface area (Å²) in [6, 6.07) is 23.9. The summed E-state index contributed by atoms with van der Waals surface area (Å²) in [5, 5.41) is 14.4. The highest BCUT2D eigenvalue weighted by molar-refractivity contribution is 7.90. The zero-order valence-corrected chi connectivity index (χ0v) is 36.7. The van der Waals surface area contributed by atoms with E-state index in [-0.39, 0.29) is 23.5 Å². The first-order valence-electron chi connectivity index (χ1n) is 20.6. The van der Waals surface area contributed by atoms with Gasteiger partial charge in [-0.05, 0) is 99.2 Å². The lowest BCUT2D eigenvalue weighted by molar-refractivity contribution is 0.145. The summed E-state index contributed by atoms with van der Waals surface area (Å²) in [5.74, 6) is 2.57. The number of hydrogen-bond acceptors (Lipinski definition) is 19. The van der Waals surface area contributed by atoms with Crippen LogP contribution in [0.2, 0.25) is 0 Å². The summed E-state index contributed by atoms with van der Waals surface area (Å²) in [5.41, 5.74) is 22.1. The van der Waals surface area contributed by atoms with E-state index in [1.165, 1.54) is 27.5 Å². The van der Waals surface area contributed by atoms with Crippen LogP contribution < -0.4 is 27.8 Å². The number of fused-ring (bicyclic) bond motifs is 2. The number of sulfone groups is 1. The first-order valence-corrected chi connectivity index (χ1v) is 22.5. The highest BCUT2D eigenvalue weighted by atomic mass is 32.2. The van der Waals surface area contributed by atoms with Crippen LogP contribution in [0.15, 0.2) is 99.3 Å². The second-order valence-corrected chi connectivity index (χ2v) is 15.9. The third kappa shape index (κ3) is 13.2. The van der Waals surface area contributed by atoms with Gasteiger partial charge in [0, 0.05) is 44.9 Å². The molecule has 0 unspecified atom stereocenters. The van der Waals surface area contributed by atoms with E-state index in [0.29, 0.717) is 42.2 Å². The van der Waals surface area contributed by atoms with Crippen molar-refractivity contribution in [2.75, 3.05) is 74.4 Å². The van der Waals surface area contributed by atoms with Crippen LogP contribution in [-0.4, -0.2) is 110 Å². The first-order chi connectivity index (χ1) is 31.0. The molecule has 6 heterocycles. The minimum atomic E-state index is -3.57. The topological polar surface area (TPSA) is 293 Å². The van der Waals surface area contributed by atoms with Crippen molar-refractivity contribution in [2.24, 2.45) is 5.73 Å². The van der Waals surface area contributed by atoms with E-state index in [1.54, 1.807) is 30.5 Å². The van der Waals surface area contributed by atoms with Gasteiger partial charge in [0.25, 0.3) is 16.7 Å². The number of ether oxygens (including phenoxy) is 2. The standard InChI is InChI=1S/C21H25N7O2.C12H20N2O.C9H8N6O3S/c1-2-29-13-3-5-15-7-9-16(10-8-15)11-12-23-20-25-19(22)28-21(26-20)24-18(27-28)17-6-4-14-30-17;1-2-15-10-9-14-12-5-3-11(4-6-12)7-8-13;1-19(16,17)9-12-7(10)15-8(13-9)11-6(14-15)5-3-2-4-18-5/h4,6-10,14H,2-3,5,11-13H2,1H3,(H3,22,23,24,25,26,27);3-6,14H,2,7-10,13H2,1H3;2-4H,1H3,(H2,10,11,12,13,14). The highest BCUT2D eigenvalue weighted by Gasteiger charge is 2.18. The Morgan fingerprint density at radius 2 is 1.19 bits per heavy atom. The molecule has 21 nitrogen and oxygen atoms in total. The molecule has 22 heteroatoms. The molecule has 0 atom stereocenters. The number of nitrogen functional groups attached to an aromatic ring is 2. The van der Waals surface area contributed by atoms with Crippen molar-refractivity contribution in [1.82, 2.24) is 49.1 Å². The van der Waals surface area contributed by atoms with Crippen molar-refractivity contribution in [2.45, 2.75) is 44.7 Å². The van der Waals surface area contributed by atoms with E-state index in [2.05, 4.69) is 99.3 Å². The molecule has 338 valence electrons. The molecule has 0 saturated heterocycles. The molecule has 0 aliphatic carbocycles. The fourth-order valence-electron chi connectivity index (χ4n) is 5.94. The SMILES string of the molecule is CCOCCCc1ccc(CCNc2nc(N)n3nc(-c4ccco4)nc3n2)cc1.CCOCCNc1ccc(CCN)cc1.CS(=O)(=O)c1nc(N)n2nc(-c3ccco3)nc2n1. The molecule has 8 N–H and O–H groups in total. The Labute approximate surface area is 369 Å². The lowest BCUT2D eigenvalue weighted by Crippen LogP contribution is -2.12. The summed E-state index contributed by atoms with van der Waals surface area (Å²) in [6.07, 6.45) is 7.89. The molecule has 0 saturated carbocycles. The number of benzene rings is 2. The molecule has 0 radical (unpaired) electrons. The Hall–Kier alpha value is -7.01. The summed E-state index contributed by atoms with van der Waals surface area (Å²) < 4.78 is 46.4. The van der Waals surface area contributed by atoms with Gasteiger partial charge in [0.05, 0.1) is 19.1 Å². The maximum Gasteiger partial charge on any atom is 0.259 e. The lowest BCUT2D eigenvalue weighted by atomic mass is 10.1. The van der Waals surface area contributed by atoms with Crippen molar-refractivity contribution in [3.63, 3.8) is 0 Å². The lowest BCUT2D eigenvalue weighted by Gasteiger charge is -2.07. The van der Waals surface area contributed by atoms with E-state index in [1.807, 2.05) is 13.8 Å². The van der Waals surface area contributed by atoms with Gasteiger partial charge in [-0.1, -0.05) is 36.4 Å². The molecule has 6 aromatic heterocycles. The first kappa shape index (κ1) is 46.5. The Morgan fingerprint density at radius 1 is 0.641 bits per heavy atom. The van der Waals surface area contributed by atoms with Crippen molar-refractivity contribution in [3.8, 4) is 23.2 Å². The summed E-state index contributed by atoms with van der Waals surface area (Å²) in [6.45, 7) is 9.37. The normalized spacial score (nSPS) is 11.2. The molecule has 0 bridgehead atoms. The number of nitrogens with one attached hydrogen (secondary N) is 2. The third-order valence-electron chi connectivity index (χ3n) is 9.11. The van der Waals surface area contributed by atoms with Crippen LogP contribution in [0.25, 0.3) is 34.7 Å². The molecule has 0 fully saturated rings. The monoisotopic (exact) mass is 895 g/mol. The van der Waals surface area contributed by atoms with Gasteiger partial charge in [-0.15, -0.1) is 10.2 Å². The predicted octanol–water partition coefficient (Wildman–Crippen LogP) is 4.39. The van der Waals surface area contributed by atoms with Gasteiger partial charge in [0.15, 0.2) is 11.5 Å². The predicted molar refractivity (Wildman–Crippen MR) is 242 cm³/mol. The molecule has 8 aromatic rings. The zero-order valence-electron chi connectivity index (χ0n) is 35.9. The molecule has 0 spiro atoms. The number of nitrogens with zero attached hydrogens (tertiary/aromatic N) is 10. The van der Waals surface area contributed by atoms with Crippen molar-refractivity contribution >= 4 is 44.9 Å². The van der Waals surface area contributed by atoms with Crippen LogP contribution in [-0.2, 0) is 38.6 Å². The number of anilines is 4. The van der Waals surface area contributed by atoms with Crippen LogP contribution >= 0.6 is 0 Å². The smallest absolute Gasteiger partial charge is 0.259 e. The quantitative estimate of drug-likeness (QED) is 0.0703. The minimum absolute atomic E-state index is 0.0410. The number of furan rings is 2. The van der Waals surface area contributed by atoms with Gasteiger partial charge >= 0.3 is 0 Å². The third-order valence-corrected chi connectivity index (χ3v) is 9.95. The average Bonchev–Trinajstić information content (AvgIpc) is 4.13. The summed E-state index contributed by atoms with van der Waals surface area (Å²) in [7, 11) is -3.57. The summed E-state index contributed by atoms with van der Waals surface area (Å²) >= 11 is 0. The number of aryl methyl sites for hydroxylation is 1. The molecular formula is C42H53N15O6S. The van der Waals surface area contributed by atoms with Gasteiger partial charge in [0.1, 0.15) is 0 Å². The van der Waals surface area contributed by atoms with E-state index in [9.17, 15) is 8.42 Å². The number of rotatable bonds is 19. The average molecular weight is 896 g/mol. The molecule has 0 aliphatic rings. The number of nitrogens with two attached hydrogens (primary N) is 3. The maximum atomic E-state index is 11.4. The van der Waals surface area contributed by atoms with Crippen LogP contribution in [0.5, 0.6) is 0 Å².